The van der Waals surface area contributed by atoms with Gasteiger partial charge in [-0.15, -0.1) is 0 Å². The van der Waals surface area contributed by atoms with Crippen molar-refractivity contribution in [2.45, 2.75) is 41.5 Å². The Hall–Kier alpha value is -15.5. The molecule has 0 fully saturated rings. The fraction of sp³-hybridized carbons (Fsp3) is 0.0789. The van der Waals surface area contributed by atoms with Crippen LogP contribution in [0.15, 0.2) is 393 Å². The highest BCUT2D eigenvalue weighted by molar-refractivity contribution is 6.34. The number of hydrogen-bond donors (Lipinski definition) is 0. The number of carbonyl (C=O) groups excluding carboxylic acids is 3. The van der Waals surface area contributed by atoms with Crippen LogP contribution >= 0.6 is 0 Å². The molecule has 596 valence electrons. The van der Waals surface area contributed by atoms with Crippen molar-refractivity contribution in [2.24, 2.45) is 0 Å². The molecule has 0 spiro atoms. The SMILES string of the molecule is CO/C(C)=C(\C(C)=O)c1c2ccccc2c(N(c2ccccc2)c2cccc3ccccc23)c2ccccc12.CO/C(C)=C(\C(C)=O)c1cc2c3ccccc3c(N(c3ccccc3)c3cccc4ccccc34)cc2c2ccccc12.CO/C(C)=C(\C(C)=O)c1ccc2ccc3c(N(c4ccccc4)c4cccc5ccccc45)ccc4ccc1c2c43. The molecule has 0 aliphatic heterocycles. The third-order valence-corrected chi connectivity index (χ3v) is 24.0. The largest absolute Gasteiger partial charge is 0.501 e. The van der Waals surface area contributed by atoms with Gasteiger partial charge in [0.25, 0.3) is 0 Å². The number of Topliss-reactive ketones (excluding diaryl/α,β-unsaturated/α-hetero) is 3. The summed E-state index contributed by atoms with van der Waals surface area (Å²) in [5.41, 5.74) is 14.4. The van der Waals surface area contributed by atoms with Gasteiger partial charge in [-0.05, 0) is 206 Å². The van der Waals surface area contributed by atoms with Gasteiger partial charge in [-0.25, -0.2) is 0 Å². The maximum atomic E-state index is 13.1. The molecule has 0 aromatic heterocycles. The molecule has 0 saturated carbocycles. The number of ether oxygens (including phenoxy) is 3. The van der Waals surface area contributed by atoms with Crippen molar-refractivity contribution in [1.29, 1.82) is 0 Å². The molecule has 20 aromatic carbocycles. The molecule has 123 heavy (non-hydrogen) atoms. The Balaban J connectivity index is 0.000000126. The zero-order valence-corrected chi connectivity index (χ0v) is 70.1. The second-order valence-electron chi connectivity index (χ2n) is 31.0. The normalized spacial score (nSPS) is 12.1. The summed E-state index contributed by atoms with van der Waals surface area (Å²) < 4.78 is 16.8. The zero-order chi connectivity index (χ0) is 84.5. The van der Waals surface area contributed by atoms with E-state index in [1.807, 2.05) is 51.1 Å². The second-order valence-corrected chi connectivity index (χ2v) is 31.0. The molecule has 9 nitrogen and oxygen atoms in total. The Morgan fingerprint density at radius 1 is 0.211 bits per heavy atom. The summed E-state index contributed by atoms with van der Waals surface area (Å²) in [5, 5.41) is 24.7. The number of nitrogens with zero attached hydrogens (tertiary/aromatic N) is 3. The van der Waals surface area contributed by atoms with Gasteiger partial charge in [0.15, 0.2) is 17.3 Å². The summed E-state index contributed by atoms with van der Waals surface area (Å²) >= 11 is 0. The highest BCUT2D eigenvalue weighted by Crippen LogP contribution is 2.52. The van der Waals surface area contributed by atoms with Crippen molar-refractivity contribution in [2.75, 3.05) is 36.0 Å². The average molecular weight is 1600 g/mol. The summed E-state index contributed by atoms with van der Waals surface area (Å²) in [5.74, 6) is 1.80. The van der Waals surface area contributed by atoms with E-state index < -0.39 is 0 Å². The van der Waals surface area contributed by atoms with Crippen molar-refractivity contribution in [3.05, 3.63) is 410 Å². The minimum atomic E-state index is -0.0219. The first kappa shape index (κ1) is 78.7. The predicted octanol–water partition coefficient (Wildman–Crippen LogP) is 30.5. The van der Waals surface area contributed by atoms with Crippen molar-refractivity contribution in [3.8, 4) is 0 Å². The number of ketones is 3. The molecule has 0 unspecified atom stereocenters. The maximum absolute atomic E-state index is 13.1. The van der Waals surface area contributed by atoms with Crippen LogP contribution in [0.2, 0.25) is 0 Å². The summed E-state index contributed by atoms with van der Waals surface area (Å²) in [6, 6.07) is 132. The van der Waals surface area contributed by atoms with E-state index in [9.17, 15) is 14.4 Å². The molecule has 0 radical (unpaired) electrons. The molecule has 0 saturated heterocycles. The van der Waals surface area contributed by atoms with E-state index in [0.717, 1.165) is 143 Å². The van der Waals surface area contributed by atoms with E-state index in [1.54, 1.807) is 42.1 Å². The predicted molar refractivity (Wildman–Crippen MR) is 518 cm³/mol. The van der Waals surface area contributed by atoms with Gasteiger partial charge in [0.05, 0.1) is 72.2 Å². The van der Waals surface area contributed by atoms with Gasteiger partial charge in [-0.3, -0.25) is 14.4 Å². The van der Waals surface area contributed by atoms with E-state index in [-0.39, 0.29) is 17.3 Å². The highest BCUT2D eigenvalue weighted by atomic mass is 16.5. The minimum absolute atomic E-state index is 0.00807. The number of allylic oxidation sites excluding steroid dienone is 6. The zero-order valence-electron chi connectivity index (χ0n) is 70.1. The fourth-order valence-electron chi connectivity index (χ4n) is 18.4. The molecular formula is C114H89N3O6. The van der Waals surface area contributed by atoms with Gasteiger partial charge in [-0.1, -0.05) is 303 Å². The Bertz CT molecular complexity index is 7590. The van der Waals surface area contributed by atoms with Crippen molar-refractivity contribution >= 4 is 204 Å². The van der Waals surface area contributed by atoms with Crippen LogP contribution < -0.4 is 14.7 Å². The van der Waals surface area contributed by atoms with Gasteiger partial charge >= 0.3 is 0 Å². The first-order valence-corrected chi connectivity index (χ1v) is 41.5. The number of fused-ring (bicyclic) bond motifs is 10. The quantitative estimate of drug-likeness (QED) is 0.0361. The van der Waals surface area contributed by atoms with Crippen LogP contribution in [0.4, 0.5) is 51.2 Å². The van der Waals surface area contributed by atoms with Crippen LogP contribution in [0.1, 0.15) is 58.2 Å². The molecule has 20 aromatic rings. The Labute approximate surface area is 715 Å². The second kappa shape index (κ2) is 33.7. The fourth-order valence-corrected chi connectivity index (χ4v) is 18.4. The summed E-state index contributed by atoms with van der Waals surface area (Å²) in [6.45, 7) is 10.4. The molecule has 0 amide bonds. The van der Waals surface area contributed by atoms with E-state index >= 15 is 0 Å². The van der Waals surface area contributed by atoms with Gasteiger partial charge in [0, 0.05) is 60.3 Å². The molecule has 0 atom stereocenters. The van der Waals surface area contributed by atoms with E-state index in [2.05, 4.69) is 360 Å². The van der Waals surface area contributed by atoms with E-state index in [4.69, 9.17) is 14.2 Å². The lowest BCUT2D eigenvalue weighted by atomic mass is 9.88. The summed E-state index contributed by atoms with van der Waals surface area (Å²) in [7, 11) is 4.86. The molecule has 0 bridgehead atoms. The molecule has 20 rings (SSSR count). The summed E-state index contributed by atoms with van der Waals surface area (Å²) in [6.07, 6.45) is 0. The number of para-hydroxylation sites is 3. The first-order valence-electron chi connectivity index (χ1n) is 41.5. The number of hydrogen-bond acceptors (Lipinski definition) is 9. The van der Waals surface area contributed by atoms with Crippen LogP contribution in [-0.2, 0) is 28.6 Å². The Morgan fingerprint density at radius 2 is 0.528 bits per heavy atom. The minimum Gasteiger partial charge on any atom is -0.501 e. The Kier molecular flexibility index (Phi) is 21.6. The molecular weight excluding hydrogens is 1510 g/mol. The monoisotopic (exact) mass is 1600 g/mol. The topological polar surface area (TPSA) is 88.6 Å². The summed E-state index contributed by atoms with van der Waals surface area (Å²) in [4.78, 5) is 46.0. The first-order chi connectivity index (χ1) is 60.2. The number of anilines is 9. The number of methoxy groups -OCH3 is 3. The maximum Gasteiger partial charge on any atom is 0.163 e. The van der Waals surface area contributed by atoms with Crippen LogP contribution in [0, 0.1) is 0 Å². The van der Waals surface area contributed by atoms with Gasteiger partial charge in [0.2, 0.25) is 0 Å². The molecule has 0 aliphatic rings. The number of carbonyl (C=O) groups is 3. The van der Waals surface area contributed by atoms with E-state index in [1.165, 1.54) is 43.1 Å². The van der Waals surface area contributed by atoms with Crippen molar-refractivity contribution < 1.29 is 28.6 Å². The average Bonchev–Trinajstić information content (AvgIpc) is 0.734. The lowest BCUT2D eigenvalue weighted by Gasteiger charge is -2.30. The Morgan fingerprint density at radius 3 is 0.992 bits per heavy atom. The third kappa shape index (κ3) is 14.3. The van der Waals surface area contributed by atoms with Gasteiger partial charge < -0.3 is 28.9 Å². The van der Waals surface area contributed by atoms with Gasteiger partial charge in [0.1, 0.15) is 17.3 Å². The molecule has 0 heterocycles. The number of benzene rings is 20. The molecule has 9 heteroatoms. The lowest BCUT2D eigenvalue weighted by Crippen LogP contribution is -2.13. The van der Waals surface area contributed by atoms with Crippen LogP contribution in [0.25, 0.3) is 135 Å². The lowest BCUT2D eigenvalue weighted by molar-refractivity contribution is -0.112. The van der Waals surface area contributed by atoms with Crippen LogP contribution in [0.5, 0.6) is 0 Å². The third-order valence-electron chi connectivity index (χ3n) is 24.0. The highest BCUT2D eigenvalue weighted by Gasteiger charge is 2.29. The van der Waals surface area contributed by atoms with Crippen molar-refractivity contribution in [3.63, 3.8) is 0 Å². The molecule has 0 aliphatic carbocycles. The van der Waals surface area contributed by atoms with Crippen LogP contribution in [-0.4, -0.2) is 38.7 Å². The van der Waals surface area contributed by atoms with Gasteiger partial charge in [-0.2, -0.15) is 0 Å². The smallest absolute Gasteiger partial charge is 0.163 e. The standard InChI is InChI=1S/C40H31NO2.C38H29NO2.C36H29NO2/c1-26(42)40(27(2)43-3)37-24-35-33-21-11-12-22-34(33)39(25-36(35)31-19-9-10-20-32(31)37)41(29-16-5-4-6-17-29)38-23-13-15-28-14-7-8-18-30(28)38;1-24(40)36(25(2)41-3)31-20-16-27-18-22-33-35(23-19-28-17-21-32(31)37(27)38(28)33)39(29-12-5-4-6-13-29)34-15-9-11-26-10-7-8-14-30(26)34;1-24(38)34(25(2)39-3)35-29-19-9-11-21-31(29)36(32-22-12-10-20-30(32)35)37(27-16-5-4-6-17-27)33-23-13-15-26-14-7-8-18-28(26)33/h4-25H,1-3H3;4-23H,1-3H3;4-23H,1-3H3/b40-27+;36-25+;34-25+. The number of rotatable bonds is 18. The van der Waals surface area contributed by atoms with Crippen molar-refractivity contribution in [1.82, 2.24) is 0 Å². The van der Waals surface area contributed by atoms with Crippen LogP contribution in [0.3, 0.4) is 0 Å². The van der Waals surface area contributed by atoms with E-state index in [0.29, 0.717) is 34.0 Å². The molecule has 0 N–H and O–H groups in total.